The molecule has 1 atom stereocenters. The van der Waals surface area contributed by atoms with E-state index in [9.17, 15) is 0 Å². The summed E-state index contributed by atoms with van der Waals surface area (Å²) in [4.78, 5) is 0. The SMILES string of the molecule is CC(C)(C)c1cc(C(C)(C)C)c(P)c(C(C)(C)C)c1.Cc1cc(C)[c]([Ge]([NH]c2ccccc2)[c]2c(C)cc(C)cc2C)c(C)c1. The molecule has 0 amide bonds. The molecule has 0 aliphatic rings. The van der Waals surface area contributed by atoms with Crippen molar-refractivity contribution >= 4 is 43.6 Å². The van der Waals surface area contributed by atoms with Crippen LogP contribution in [0.4, 0.5) is 5.69 Å². The van der Waals surface area contributed by atoms with Gasteiger partial charge in [0.15, 0.2) is 0 Å². The summed E-state index contributed by atoms with van der Waals surface area (Å²) < 4.78 is 7.08. The first-order chi connectivity index (χ1) is 20.6. The minimum atomic E-state index is -1.98. The van der Waals surface area contributed by atoms with Gasteiger partial charge in [0.2, 0.25) is 0 Å². The van der Waals surface area contributed by atoms with Gasteiger partial charge in [-0.2, -0.15) is 0 Å². The van der Waals surface area contributed by atoms with Crippen LogP contribution in [0.5, 0.6) is 0 Å². The van der Waals surface area contributed by atoms with Crippen LogP contribution >= 0.6 is 9.24 Å². The van der Waals surface area contributed by atoms with E-state index in [1.54, 1.807) is 8.79 Å². The van der Waals surface area contributed by atoms with E-state index in [4.69, 9.17) is 0 Å². The fourth-order valence-electron chi connectivity index (χ4n) is 6.39. The van der Waals surface area contributed by atoms with Crippen LogP contribution in [0.2, 0.25) is 0 Å². The van der Waals surface area contributed by atoms with E-state index in [1.807, 2.05) is 0 Å². The molecule has 0 saturated carbocycles. The van der Waals surface area contributed by atoms with Gasteiger partial charge in [-0.25, -0.2) is 0 Å². The number of para-hydroxylation sites is 1. The Balaban J connectivity index is 0.000000259. The molecule has 0 heterocycles. The van der Waals surface area contributed by atoms with Crippen molar-refractivity contribution in [2.24, 2.45) is 0 Å². The van der Waals surface area contributed by atoms with Gasteiger partial charge in [0.25, 0.3) is 0 Å². The monoisotopic (exact) mass is 682 g/mol. The number of rotatable bonds is 4. The zero-order valence-electron chi connectivity index (χ0n) is 30.9. The second kappa shape index (κ2) is 14.2. The van der Waals surface area contributed by atoms with E-state index in [-0.39, 0.29) is 16.2 Å². The minimum absolute atomic E-state index is 0.179. The maximum atomic E-state index is 3.98. The quantitative estimate of drug-likeness (QED) is 0.167. The molecule has 4 rings (SSSR count). The Morgan fingerprint density at radius 3 is 1.18 bits per heavy atom. The summed E-state index contributed by atoms with van der Waals surface area (Å²) in [5.41, 5.74) is 14.5. The topological polar surface area (TPSA) is 12.0 Å². The third-order valence-corrected chi connectivity index (χ3v) is 15.7. The number of benzene rings is 4. The van der Waals surface area contributed by atoms with E-state index in [2.05, 4.69) is 184 Å². The van der Waals surface area contributed by atoms with Gasteiger partial charge in [0.05, 0.1) is 0 Å². The predicted octanol–water partition coefficient (Wildman–Crippen LogP) is 9.83. The zero-order chi connectivity index (χ0) is 34.1. The fraction of sp³-hybridized carbons (Fsp3) is 0.429. The van der Waals surface area contributed by atoms with Gasteiger partial charge >= 0.3 is 163 Å². The average molecular weight is 682 g/mol. The Labute approximate surface area is 283 Å². The van der Waals surface area contributed by atoms with Gasteiger partial charge in [-0.1, -0.05) is 74.4 Å². The maximum absolute atomic E-state index is 3.98. The van der Waals surface area contributed by atoms with E-state index in [0.717, 1.165) is 0 Å². The molecule has 0 aliphatic carbocycles. The summed E-state index contributed by atoms with van der Waals surface area (Å²) in [5.74, 6) is 0. The summed E-state index contributed by atoms with van der Waals surface area (Å²) in [6.07, 6.45) is 0. The summed E-state index contributed by atoms with van der Waals surface area (Å²) in [6.45, 7) is 34.2. The normalized spacial score (nSPS) is 12.2. The van der Waals surface area contributed by atoms with Crippen molar-refractivity contribution < 1.29 is 0 Å². The standard InChI is InChI=1S/C24H28GeN.C18H31P/c1-16-12-18(3)23(19(4)13-16)25(26-22-10-8-7-9-11-22)24-20(5)14-17(2)15-21(24)6;1-16(2,3)12-10-13(17(4,5)6)15(19)14(11-12)18(7,8)9/h7-15,26H,1-6H3;10-11H,19H2,1-9H3. The van der Waals surface area contributed by atoms with Crippen molar-refractivity contribution in [3.63, 3.8) is 0 Å². The first kappa shape index (κ1) is 37.1. The summed E-state index contributed by atoms with van der Waals surface area (Å²) in [5, 5.41) is 1.38. The molecule has 0 aliphatic heterocycles. The van der Waals surface area contributed by atoms with Crippen molar-refractivity contribution in [2.45, 2.75) is 120 Å². The molecule has 0 aromatic heterocycles. The molecule has 241 valence electrons. The van der Waals surface area contributed by atoms with E-state index in [1.165, 1.54) is 61.1 Å². The Bertz CT molecular complexity index is 1490. The van der Waals surface area contributed by atoms with Crippen molar-refractivity contribution in [1.29, 1.82) is 0 Å². The third-order valence-electron chi connectivity index (χ3n) is 8.56. The first-order valence-electron chi connectivity index (χ1n) is 16.4. The summed E-state index contributed by atoms with van der Waals surface area (Å²) in [6, 6.07) is 24.8. The number of hydrogen-bond acceptors (Lipinski definition) is 1. The molecule has 0 bridgehead atoms. The fourth-order valence-corrected chi connectivity index (χ4v) is 13.3. The molecular weight excluding hydrogens is 622 g/mol. The molecule has 0 fully saturated rings. The van der Waals surface area contributed by atoms with Crippen LogP contribution in [0, 0.1) is 41.5 Å². The van der Waals surface area contributed by atoms with Crippen molar-refractivity contribution in [1.82, 2.24) is 0 Å². The zero-order valence-corrected chi connectivity index (χ0v) is 34.2. The van der Waals surface area contributed by atoms with Crippen molar-refractivity contribution in [3.05, 3.63) is 117 Å². The number of nitrogens with one attached hydrogen (secondary N) is 1. The van der Waals surface area contributed by atoms with Crippen LogP contribution < -0.4 is 18.4 Å². The first-order valence-corrected chi connectivity index (χ1v) is 20.1. The average Bonchev–Trinajstić information content (AvgIpc) is 2.86. The Morgan fingerprint density at radius 2 is 0.867 bits per heavy atom. The van der Waals surface area contributed by atoms with Gasteiger partial charge in [0.1, 0.15) is 0 Å². The predicted molar refractivity (Wildman–Crippen MR) is 208 cm³/mol. The Kier molecular flexibility index (Phi) is 11.7. The number of hydrogen-bond donors (Lipinski definition) is 1. The third kappa shape index (κ3) is 9.36. The molecule has 4 aromatic rings. The second-order valence-corrected chi connectivity index (χ2v) is 20.9. The van der Waals surface area contributed by atoms with E-state index in [0.29, 0.717) is 0 Å². The number of anilines is 1. The summed E-state index contributed by atoms with van der Waals surface area (Å²) >= 11 is -1.98. The van der Waals surface area contributed by atoms with Crippen molar-refractivity contribution in [3.8, 4) is 0 Å². The van der Waals surface area contributed by atoms with Gasteiger partial charge in [0, 0.05) is 0 Å². The molecule has 1 N–H and O–H groups in total. The molecule has 1 radical (unpaired) electrons. The molecule has 4 aromatic carbocycles. The van der Waals surface area contributed by atoms with Crippen LogP contribution in [-0.4, -0.2) is 14.6 Å². The van der Waals surface area contributed by atoms with Crippen molar-refractivity contribution in [2.75, 3.05) is 4.27 Å². The van der Waals surface area contributed by atoms with Crippen LogP contribution in [0.25, 0.3) is 0 Å². The molecular formula is C42H59GeNP. The van der Waals surface area contributed by atoms with Gasteiger partial charge in [-0.15, -0.1) is 9.24 Å². The molecule has 3 heteroatoms. The van der Waals surface area contributed by atoms with Crippen LogP contribution in [0.3, 0.4) is 0 Å². The van der Waals surface area contributed by atoms with Crippen LogP contribution in [0.1, 0.15) is 112 Å². The molecule has 45 heavy (non-hydrogen) atoms. The second-order valence-electron chi connectivity index (χ2n) is 16.1. The summed E-state index contributed by atoms with van der Waals surface area (Å²) in [7, 11) is 2.98. The van der Waals surface area contributed by atoms with E-state index >= 15 is 0 Å². The Morgan fingerprint density at radius 1 is 0.511 bits per heavy atom. The van der Waals surface area contributed by atoms with Gasteiger partial charge in [-0.05, 0) is 38.2 Å². The van der Waals surface area contributed by atoms with Gasteiger partial charge < -0.3 is 0 Å². The van der Waals surface area contributed by atoms with Crippen LogP contribution in [0.15, 0.2) is 66.7 Å². The van der Waals surface area contributed by atoms with E-state index < -0.39 is 14.6 Å². The Hall–Kier alpha value is -2.35. The van der Waals surface area contributed by atoms with Crippen LogP contribution in [-0.2, 0) is 16.2 Å². The molecule has 0 saturated heterocycles. The number of aryl methyl sites for hydroxylation is 6. The van der Waals surface area contributed by atoms with Gasteiger partial charge in [-0.3, -0.25) is 0 Å². The molecule has 0 spiro atoms. The molecule has 1 unspecified atom stereocenters. The molecule has 1 nitrogen and oxygen atoms in total.